The van der Waals surface area contributed by atoms with Gasteiger partial charge in [-0.05, 0) is 19.8 Å². The van der Waals surface area contributed by atoms with Gasteiger partial charge >= 0.3 is 5.97 Å². The monoisotopic (exact) mass is 297 g/mol. The van der Waals surface area contributed by atoms with Crippen LogP contribution in [0.5, 0.6) is 0 Å². The highest BCUT2D eigenvalue weighted by molar-refractivity contribution is 5.91. The molecule has 0 saturated heterocycles. The first-order chi connectivity index (χ1) is 9.90. The average molecular weight is 297 g/mol. The van der Waals surface area contributed by atoms with E-state index in [-0.39, 0.29) is 25.0 Å². The SMILES string of the molecule is CCOC(=O)CN(CC(=O)Nc1cc(C)no1)CC(C)C. The van der Waals surface area contributed by atoms with E-state index in [2.05, 4.69) is 10.5 Å². The molecular formula is C14H23N3O4. The summed E-state index contributed by atoms with van der Waals surface area (Å²) in [7, 11) is 0. The molecule has 0 aliphatic heterocycles. The summed E-state index contributed by atoms with van der Waals surface area (Å²) in [6.07, 6.45) is 0. The molecule has 1 N–H and O–H groups in total. The molecule has 0 unspecified atom stereocenters. The standard InChI is InChI=1S/C14H23N3O4/c1-5-20-14(19)9-17(7-10(2)3)8-12(18)15-13-6-11(4)16-21-13/h6,10H,5,7-9H2,1-4H3,(H,15,18). The van der Waals surface area contributed by atoms with E-state index in [1.54, 1.807) is 24.8 Å². The molecule has 1 aromatic rings. The molecule has 1 rings (SSSR count). The lowest BCUT2D eigenvalue weighted by atomic mass is 10.2. The number of hydrogen-bond acceptors (Lipinski definition) is 6. The van der Waals surface area contributed by atoms with E-state index in [0.29, 0.717) is 30.6 Å². The van der Waals surface area contributed by atoms with Crippen molar-refractivity contribution in [1.29, 1.82) is 0 Å². The summed E-state index contributed by atoms with van der Waals surface area (Å²) in [4.78, 5) is 25.3. The summed E-state index contributed by atoms with van der Waals surface area (Å²) in [5.74, 6) is 0.0513. The van der Waals surface area contributed by atoms with Crippen LogP contribution in [0.3, 0.4) is 0 Å². The van der Waals surface area contributed by atoms with Crippen LogP contribution in [0, 0.1) is 12.8 Å². The Labute approximate surface area is 124 Å². The number of carbonyl (C=O) groups excluding carboxylic acids is 2. The van der Waals surface area contributed by atoms with Crippen molar-refractivity contribution in [2.45, 2.75) is 27.7 Å². The van der Waals surface area contributed by atoms with Gasteiger partial charge in [-0.1, -0.05) is 19.0 Å². The molecular weight excluding hydrogens is 274 g/mol. The minimum absolute atomic E-state index is 0.0921. The lowest BCUT2D eigenvalue weighted by Gasteiger charge is -2.22. The first-order valence-electron chi connectivity index (χ1n) is 7.01. The predicted octanol–water partition coefficient (Wildman–Crippen LogP) is 1.44. The van der Waals surface area contributed by atoms with Crippen molar-refractivity contribution in [2.24, 2.45) is 5.92 Å². The zero-order valence-electron chi connectivity index (χ0n) is 13.0. The van der Waals surface area contributed by atoms with E-state index >= 15 is 0 Å². The smallest absolute Gasteiger partial charge is 0.320 e. The van der Waals surface area contributed by atoms with Crippen molar-refractivity contribution in [2.75, 3.05) is 31.6 Å². The van der Waals surface area contributed by atoms with Crippen LogP contribution < -0.4 is 5.32 Å². The van der Waals surface area contributed by atoms with E-state index in [1.165, 1.54) is 0 Å². The largest absolute Gasteiger partial charge is 0.465 e. The molecule has 0 bridgehead atoms. The maximum absolute atomic E-state index is 12.0. The van der Waals surface area contributed by atoms with E-state index in [9.17, 15) is 9.59 Å². The third-order valence-corrected chi connectivity index (χ3v) is 2.54. The Kier molecular flexibility index (Phi) is 6.87. The van der Waals surface area contributed by atoms with Crippen LogP contribution in [0.2, 0.25) is 0 Å². The quantitative estimate of drug-likeness (QED) is 0.731. The van der Waals surface area contributed by atoms with Crippen LogP contribution in [0.15, 0.2) is 10.6 Å². The number of esters is 1. The summed E-state index contributed by atoms with van der Waals surface area (Å²) in [6, 6.07) is 1.63. The van der Waals surface area contributed by atoms with Crippen molar-refractivity contribution in [3.05, 3.63) is 11.8 Å². The summed E-state index contributed by atoms with van der Waals surface area (Å²) in [5.41, 5.74) is 0.691. The highest BCUT2D eigenvalue weighted by Crippen LogP contribution is 2.08. The second-order valence-corrected chi connectivity index (χ2v) is 5.25. The number of ether oxygens (including phenoxy) is 1. The molecule has 0 radical (unpaired) electrons. The van der Waals surface area contributed by atoms with Gasteiger partial charge in [0.1, 0.15) is 0 Å². The Bertz CT molecular complexity index is 471. The van der Waals surface area contributed by atoms with Gasteiger partial charge in [-0.2, -0.15) is 0 Å². The molecule has 0 aromatic carbocycles. The molecule has 7 heteroatoms. The number of carbonyl (C=O) groups is 2. The molecule has 21 heavy (non-hydrogen) atoms. The third kappa shape index (κ3) is 6.89. The molecule has 0 atom stereocenters. The van der Waals surface area contributed by atoms with Gasteiger partial charge in [0.25, 0.3) is 0 Å². The molecule has 118 valence electrons. The first kappa shape index (κ1) is 17.2. The number of anilines is 1. The van der Waals surface area contributed by atoms with Crippen LogP contribution in [0.1, 0.15) is 26.5 Å². The molecule has 1 aromatic heterocycles. The number of rotatable bonds is 8. The summed E-state index contributed by atoms with van der Waals surface area (Å²) in [5, 5.41) is 6.30. The number of nitrogens with one attached hydrogen (secondary N) is 1. The topological polar surface area (TPSA) is 84.7 Å². The third-order valence-electron chi connectivity index (χ3n) is 2.54. The van der Waals surface area contributed by atoms with Gasteiger partial charge in [-0.3, -0.25) is 19.8 Å². The fraction of sp³-hybridized carbons (Fsp3) is 0.643. The second-order valence-electron chi connectivity index (χ2n) is 5.25. The zero-order chi connectivity index (χ0) is 15.8. The van der Waals surface area contributed by atoms with Crippen molar-refractivity contribution >= 4 is 17.8 Å². The molecule has 1 heterocycles. The maximum atomic E-state index is 12.0. The predicted molar refractivity (Wildman–Crippen MR) is 77.8 cm³/mol. The number of aromatic nitrogens is 1. The fourth-order valence-electron chi connectivity index (χ4n) is 1.89. The molecule has 0 fully saturated rings. The van der Waals surface area contributed by atoms with Gasteiger partial charge in [0.05, 0.1) is 25.4 Å². The van der Waals surface area contributed by atoms with Gasteiger partial charge in [-0.15, -0.1) is 0 Å². The molecule has 7 nitrogen and oxygen atoms in total. The Morgan fingerprint density at radius 1 is 1.43 bits per heavy atom. The van der Waals surface area contributed by atoms with Crippen molar-refractivity contribution < 1.29 is 18.8 Å². The summed E-state index contributed by atoms with van der Waals surface area (Å²) >= 11 is 0. The summed E-state index contributed by atoms with van der Waals surface area (Å²) in [6.45, 7) is 8.71. The maximum Gasteiger partial charge on any atom is 0.320 e. The molecule has 0 saturated carbocycles. The minimum Gasteiger partial charge on any atom is -0.465 e. The molecule has 0 spiro atoms. The molecule has 0 aliphatic carbocycles. The molecule has 1 amide bonds. The average Bonchev–Trinajstić information content (AvgIpc) is 2.73. The van der Waals surface area contributed by atoms with Crippen LogP contribution in [0.25, 0.3) is 0 Å². The summed E-state index contributed by atoms with van der Waals surface area (Å²) < 4.78 is 9.84. The Morgan fingerprint density at radius 3 is 2.67 bits per heavy atom. The van der Waals surface area contributed by atoms with Crippen molar-refractivity contribution in [1.82, 2.24) is 10.1 Å². The van der Waals surface area contributed by atoms with Gasteiger partial charge in [0.2, 0.25) is 11.8 Å². The number of hydrogen-bond donors (Lipinski definition) is 1. The normalized spacial score (nSPS) is 11.0. The van der Waals surface area contributed by atoms with Crippen LogP contribution in [-0.4, -0.2) is 48.2 Å². The fourth-order valence-corrected chi connectivity index (χ4v) is 1.89. The Morgan fingerprint density at radius 2 is 2.14 bits per heavy atom. The van der Waals surface area contributed by atoms with Gasteiger partial charge in [0.15, 0.2) is 0 Å². The highest BCUT2D eigenvalue weighted by atomic mass is 16.5. The lowest BCUT2D eigenvalue weighted by Crippen LogP contribution is -2.39. The van der Waals surface area contributed by atoms with E-state index in [4.69, 9.17) is 9.26 Å². The van der Waals surface area contributed by atoms with Gasteiger partial charge < -0.3 is 9.26 Å². The van der Waals surface area contributed by atoms with Crippen LogP contribution >= 0.6 is 0 Å². The number of aryl methyl sites for hydroxylation is 1. The van der Waals surface area contributed by atoms with E-state index < -0.39 is 0 Å². The van der Waals surface area contributed by atoms with Crippen molar-refractivity contribution in [3.8, 4) is 0 Å². The Hall–Kier alpha value is -1.89. The van der Waals surface area contributed by atoms with E-state index in [0.717, 1.165) is 0 Å². The number of amides is 1. The van der Waals surface area contributed by atoms with Crippen molar-refractivity contribution in [3.63, 3.8) is 0 Å². The highest BCUT2D eigenvalue weighted by Gasteiger charge is 2.17. The van der Waals surface area contributed by atoms with Crippen LogP contribution in [0.4, 0.5) is 5.88 Å². The lowest BCUT2D eigenvalue weighted by molar-refractivity contribution is -0.144. The van der Waals surface area contributed by atoms with Gasteiger partial charge in [0, 0.05) is 12.6 Å². The van der Waals surface area contributed by atoms with E-state index in [1.807, 2.05) is 13.8 Å². The second kappa shape index (κ2) is 8.41. The first-order valence-corrected chi connectivity index (χ1v) is 7.01. The Balaban J connectivity index is 2.54. The van der Waals surface area contributed by atoms with Crippen LogP contribution in [-0.2, 0) is 14.3 Å². The minimum atomic E-state index is -0.332. The number of nitrogens with zero attached hydrogens (tertiary/aromatic N) is 2. The molecule has 0 aliphatic rings. The zero-order valence-corrected chi connectivity index (χ0v) is 13.0. The van der Waals surface area contributed by atoms with Gasteiger partial charge in [-0.25, -0.2) is 0 Å².